The third-order valence-electron chi connectivity index (χ3n) is 7.01. The minimum absolute atomic E-state index is 0.268. The van der Waals surface area contributed by atoms with Crippen LogP contribution in [0.25, 0.3) is 0 Å². The van der Waals surface area contributed by atoms with Gasteiger partial charge in [0.25, 0.3) is 5.91 Å². The van der Waals surface area contributed by atoms with Crippen molar-refractivity contribution in [2.24, 2.45) is 0 Å². The van der Waals surface area contributed by atoms with Crippen molar-refractivity contribution < 1.29 is 19.1 Å². The Bertz CT molecular complexity index is 1230. The van der Waals surface area contributed by atoms with Crippen LogP contribution >= 0.6 is 0 Å². The van der Waals surface area contributed by atoms with Crippen LogP contribution in [-0.4, -0.2) is 59.3 Å². The topological polar surface area (TPSA) is 119 Å². The largest absolute Gasteiger partial charge is 0.496 e. The number of hydrogen-bond acceptors (Lipinski definition) is 6. The number of carbonyl (C=O) groups excluding carboxylic acids is 2. The maximum Gasteiger partial charge on any atom is 0.410 e. The van der Waals surface area contributed by atoms with Crippen molar-refractivity contribution in [3.63, 3.8) is 0 Å². The fourth-order valence-electron chi connectivity index (χ4n) is 4.93. The standard InChI is InChI=1S/C30H41N5O4/c1-7-10-21(27(32)35-26(31)13-15-30(35,4)5)12-9-11-20(3)33-28(36)24-17-23-19-34(29(37)39-8-2)16-14-22(23)18-25(24)38-6/h9-12,17-18,31-32H,7-8,13-16,19H2,1-6H3,(H,33,36)/b12-9-,20-11+,21-10-,31-26?,32-27?. The summed E-state index contributed by atoms with van der Waals surface area (Å²) in [6, 6.07) is 3.66. The predicted octanol–water partition coefficient (Wildman–Crippen LogP) is 5.56. The van der Waals surface area contributed by atoms with Crippen molar-refractivity contribution in [2.45, 2.75) is 72.4 Å². The molecule has 0 atom stereocenters. The lowest BCUT2D eigenvalue weighted by Crippen LogP contribution is -2.45. The summed E-state index contributed by atoms with van der Waals surface area (Å²) in [5.74, 6) is 0.945. The summed E-state index contributed by atoms with van der Waals surface area (Å²) in [6.07, 6.45) is 9.97. The number of amides is 2. The number of nitrogens with zero attached hydrogens (tertiary/aromatic N) is 2. The van der Waals surface area contributed by atoms with Crippen molar-refractivity contribution in [2.75, 3.05) is 20.3 Å². The van der Waals surface area contributed by atoms with Gasteiger partial charge in [-0.15, -0.1) is 0 Å². The normalized spacial score (nSPS) is 17.3. The van der Waals surface area contributed by atoms with Gasteiger partial charge in [-0.3, -0.25) is 15.6 Å². The first-order valence-electron chi connectivity index (χ1n) is 13.5. The zero-order valence-corrected chi connectivity index (χ0v) is 23.9. The Kier molecular flexibility index (Phi) is 9.72. The van der Waals surface area contributed by atoms with Crippen LogP contribution in [0.1, 0.15) is 75.4 Å². The molecule has 39 heavy (non-hydrogen) atoms. The molecule has 9 nitrogen and oxygen atoms in total. The van der Waals surface area contributed by atoms with Crippen LogP contribution in [-0.2, 0) is 17.7 Å². The summed E-state index contributed by atoms with van der Waals surface area (Å²) >= 11 is 0. The fraction of sp³-hybridized carbons (Fsp3) is 0.467. The molecule has 1 aromatic carbocycles. The third-order valence-corrected chi connectivity index (χ3v) is 7.01. The van der Waals surface area contributed by atoms with Crippen LogP contribution in [0.5, 0.6) is 5.75 Å². The molecule has 2 heterocycles. The second-order valence-electron chi connectivity index (χ2n) is 10.4. The molecule has 0 aliphatic carbocycles. The molecule has 0 unspecified atom stereocenters. The molecule has 210 valence electrons. The molecule has 0 spiro atoms. The van der Waals surface area contributed by atoms with Gasteiger partial charge < -0.3 is 24.6 Å². The molecule has 9 heteroatoms. The summed E-state index contributed by atoms with van der Waals surface area (Å²) in [4.78, 5) is 28.8. The molecular weight excluding hydrogens is 494 g/mol. The lowest BCUT2D eigenvalue weighted by molar-refractivity contribution is 0.0962. The van der Waals surface area contributed by atoms with E-state index in [2.05, 4.69) is 19.2 Å². The molecule has 3 N–H and O–H groups in total. The molecule has 1 saturated heterocycles. The van der Waals surface area contributed by atoms with E-state index in [1.807, 2.05) is 25.1 Å². The molecule has 0 bridgehead atoms. The summed E-state index contributed by atoms with van der Waals surface area (Å²) < 4.78 is 10.7. The Hall–Kier alpha value is -3.88. The van der Waals surface area contributed by atoms with Gasteiger partial charge in [-0.25, -0.2) is 4.79 Å². The number of allylic oxidation sites excluding steroid dienone is 4. The van der Waals surface area contributed by atoms with Crippen LogP contribution < -0.4 is 10.1 Å². The van der Waals surface area contributed by atoms with Gasteiger partial charge >= 0.3 is 6.09 Å². The smallest absolute Gasteiger partial charge is 0.410 e. The second kappa shape index (κ2) is 12.8. The first kappa shape index (κ1) is 29.7. The highest BCUT2D eigenvalue weighted by atomic mass is 16.6. The average Bonchev–Trinajstić information content (AvgIpc) is 3.18. The van der Waals surface area contributed by atoms with Gasteiger partial charge in [-0.2, -0.15) is 0 Å². The Balaban J connectivity index is 1.74. The summed E-state index contributed by atoms with van der Waals surface area (Å²) in [6.45, 7) is 10.9. The van der Waals surface area contributed by atoms with Gasteiger partial charge in [-0.1, -0.05) is 25.2 Å². The number of rotatable bonds is 8. The number of benzene rings is 1. The number of methoxy groups -OCH3 is 1. The Morgan fingerprint density at radius 2 is 1.92 bits per heavy atom. The van der Waals surface area contributed by atoms with Gasteiger partial charge in [0.15, 0.2) is 0 Å². The number of fused-ring (bicyclic) bond motifs is 1. The van der Waals surface area contributed by atoms with Gasteiger partial charge in [0.1, 0.15) is 17.4 Å². The van der Waals surface area contributed by atoms with Crippen molar-refractivity contribution in [3.05, 3.63) is 64.4 Å². The third kappa shape index (κ3) is 6.96. The van der Waals surface area contributed by atoms with Crippen LogP contribution in [0.15, 0.2) is 47.7 Å². The van der Waals surface area contributed by atoms with Crippen molar-refractivity contribution in [3.8, 4) is 5.75 Å². The first-order chi connectivity index (χ1) is 18.5. The van der Waals surface area contributed by atoms with E-state index in [0.717, 1.165) is 29.5 Å². The predicted molar refractivity (Wildman–Crippen MR) is 153 cm³/mol. The molecule has 2 amide bonds. The van der Waals surface area contributed by atoms with Crippen LogP contribution in [0.2, 0.25) is 0 Å². The number of amidine groups is 2. The highest BCUT2D eigenvalue weighted by Crippen LogP contribution is 2.31. The van der Waals surface area contributed by atoms with E-state index in [1.54, 1.807) is 41.9 Å². The molecule has 2 aliphatic heterocycles. The highest BCUT2D eigenvalue weighted by Gasteiger charge is 2.38. The average molecular weight is 536 g/mol. The van der Waals surface area contributed by atoms with Crippen LogP contribution in [0.3, 0.4) is 0 Å². The summed E-state index contributed by atoms with van der Waals surface area (Å²) in [5, 5.41) is 20.0. The van der Waals surface area contributed by atoms with Crippen molar-refractivity contribution in [1.82, 2.24) is 15.1 Å². The van der Waals surface area contributed by atoms with E-state index < -0.39 is 0 Å². The maximum absolute atomic E-state index is 13.2. The maximum atomic E-state index is 13.2. The quantitative estimate of drug-likeness (QED) is 0.229. The van der Waals surface area contributed by atoms with Crippen LogP contribution in [0, 0.1) is 10.8 Å². The van der Waals surface area contributed by atoms with E-state index in [0.29, 0.717) is 61.2 Å². The van der Waals surface area contributed by atoms with Gasteiger partial charge in [-0.05, 0) is 76.3 Å². The summed E-state index contributed by atoms with van der Waals surface area (Å²) in [5.41, 5.74) is 3.42. The molecular formula is C30H41N5O4. The highest BCUT2D eigenvalue weighted by molar-refractivity contribution is 6.09. The zero-order valence-electron chi connectivity index (χ0n) is 23.9. The van der Waals surface area contributed by atoms with Gasteiger partial charge in [0, 0.05) is 36.3 Å². The molecule has 2 aliphatic rings. The molecule has 0 aromatic heterocycles. The van der Waals surface area contributed by atoms with Gasteiger partial charge in [0.05, 0.1) is 19.3 Å². The number of carbonyl (C=O) groups is 2. The monoisotopic (exact) mass is 535 g/mol. The Morgan fingerprint density at radius 3 is 2.54 bits per heavy atom. The number of nitrogens with one attached hydrogen (secondary N) is 3. The Morgan fingerprint density at radius 1 is 1.18 bits per heavy atom. The molecule has 1 fully saturated rings. The van der Waals surface area contributed by atoms with E-state index in [4.69, 9.17) is 20.3 Å². The number of hydrogen-bond donors (Lipinski definition) is 3. The van der Waals surface area contributed by atoms with Crippen molar-refractivity contribution >= 4 is 23.7 Å². The Labute approximate surface area is 231 Å². The van der Waals surface area contributed by atoms with E-state index in [1.165, 1.54) is 7.11 Å². The first-order valence-corrected chi connectivity index (χ1v) is 13.5. The second-order valence-corrected chi connectivity index (χ2v) is 10.4. The molecule has 1 aromatic rings. The van der Waals surface area contributed by atoms with Crippen molar-refractivity contribution in [1.29, 1.82) is 10.8 Å². The minimum Gasteiger partial charge on any atom is -0.496 e. The molecule has 0 radical (unpaired) electrons. The van der Waals surface area contributed by atoms with E-state index in [9.17, 15) is 9.59 Å². The fourth-order valence-corrected chi connectivity index (χ4v) is 4.93. The van der Waals surface area contributed by atoms with E-state index in [-0.39, 0.29) is 17.5 Å². The summed E-state index contributed by atoms with van der Waals surface area (Å²) in [7, 11) is 1.54. The number of ether oxygens (including phenoxy) is 2. The lowest BCUT2D eigenvalue weighted by atomic mass is 9.96. The van der Waals surface area contributed by atoms with Gasteiger partial charge in [0.2, 0.25) is 0 Å². The minimum atomic E-state index is -0.356. The zero-order chi connectivity index (χ0) is 28.7. The van der Waals surface area contributed by atoms with Crippen LogP contribution in [0.4, 0.5) is 4.79 Å². The lowest BCUT2D eigenvalue weighted by Gasteiger charge is -2.33. The van der Waals surface area contributed by atoms with E-state index >= 15 is 0 Å². The number of likely N-dealkylation sites (tertiary alicyclic amines) is 1. The molecule has 0 saturated carbocycles. The molecule has 3 rings (SSSR count). The SMILES string of the molecule is CC/C=C(/C=C\C=C(/C)NC(=O)c1cc2c(cc1OC)CCN(C(=O)OCC)C2)C(=N)N1C(=N)CCC1(C)C.